The largest absolute Gasteiger partial charge is 0.375 e. The molecule has 0 bridgehead atoms. The van der Waals surface area contributed by atoms with Crippen LogP contribution in [0.5, 0.6) is 0 Å². The van der Waals surface area contributed by atoms with Crippen molar-refractivity contribution in [2.75, 3.05) is 30.3 Å². The maximum atomic E-state index is 12.7. The first-order valence-corrected chi connectivity index (χ1v) is 9.10. The lowest BCUT2D eigenvalue weighted by Crippen LogP contribution is -2.29. The molecule has 0 atom stereocenters. The quantitative estimate of drug-likeness (QED) is 0.837. The van der Waals surface area contributed by atoms with Gasteiger partial charge in [0.1, 0.15) is 0 Å². The molecule has 0 spiro atoms. The fourth-order valence-electron chi connectivity index (χ4n) is 2.96. The molecule has 2 amide bonds. The Morgan fingerprint density at radius 3 is 2.46 bits per heavy atom. The molecule has 0 aliphatic carbocycles. The summed E-state index contributed by atoms with van der Waals surface area (Å²) in [6, 6.07) is 12.7. The molecule has 26 heavy (non-hydrogen) atoms. The van der Waals surface area contributed by atoms with Gasteiger partial charge in [-0.05, 0) is 50.1 Å². The average molecular weight is 372 g/mol. The van der Waals surface area contributed by atoms with Crippen LogP contribution in [-0.2, 0) is 4.79 Å². The molecule has 0 radical (unpaired) electrons. The van der Waals surface area contributed by atoms with Gasteiger partial charge < -0.3 is 15.5 Å². The summed E-state index contributed by atoms with van der Waals surface area (Å²) in [6.45, 7) is 3.58. The Kier molecular flexibility index (Phi) is 5.78. The number of hydrogen-bond acceptors (Lipinski definition) is 3. The molecule has 2 aromatic carbocycles. The second-order valence-electron chi connectivity index (χ2n) is 6.46. The van der Waals surface area contributed by atoms with E-state index in [1.54, 1.807) is 18.2 Å². The van der Waals surface area contributed by atoms with Gasteiger partial charge in [-0.15, -0.1) is 0 Å². The van der Waals surface area contributed by atoms with Crippen LogP contribution in [0.25, 0.3) is 0 Å². The minimum Gasteiger partial charge on any atom is -0.375 e. The smallest absolute Gasteiger partial charge is 0.256 e. The Morgan fingerprint density at radius 1 is 1.08 bits per heavy atom. The van der Waals surface area contributed by atoms with Gasteiger partial charge in [-0.1, -0.05) is 29.3 Å². The van der Waals surface area contributed by atoms with Crippen molar-refractivity contribution in [2.24, 2.45) is 0 Å². The van der Waals surface area contributed by atoms with Crippen LogP contribution in [0, 0.1) is 6.92 Å². The standard InChI is InChI=1S/C20H22ClN3O2/c1-14-4-7-16(8-5-14)23-19(25)13-22-18-9-6-15(21)12-17(18)20(26)24-10-2-3-11-24/h4-9,12,22H,2-3,10-11,13H2,1H3,(H,23,25). The fourth-order valence-corrected chi connectivity index (χ4v) is 3.13. The van der Waals surface area contributed by atoms with E-state index in [-0.39, 0.29) is 18.4 Å². The first-order chi connectivity index (χ1) is 12.5. The van der Waals surface area contributed by atoms with Crippen LogP contribution in [0.4, 0.5) is 11.4 Å². The minimum absolute atomic E-state index is 0.0496. The third-order valence-corrected chi connectivity index (χ3v) is 4.62. The Bertz CT molecular complexity index is 799. The highest BCUT2D eigenvalue weighted by atomic mass is 35.5. The van der Waals surface area contributed by atoms with Crippen molar-refractivity contribution in [2.45, 2.75) is 19.8 Å². The molecule has 5 nitrogen and oxygen atoms in total. The van der Waals surface area contributed by atoms with E-state index in [0.29, 0.717) is 16.3 Å². The van der Waals surface area contributed by atoms with Gasteiger partial charge in [0.25, 0.3) is 5.91 Å². The lowest BCUT2D eigenvalue weighted by atomic mass is 10.1. The van der Waals surface area contributed by atoms with Crippen molar-refractivity contribution in [1.29, 1.82) is 0 Å². The first-order valence-electron chi connectivity index (χ1n) is 8.72. The summed E-state index contributed by atoms with van der Waals surface area (Å²) in [7, 11) is 0. The van der Waals surface area contributed by atoms with E-state index in [1.807, 2.05) is 36.1 Å². The zero-order valence-corrected chi connectivity index (χ0v) is 15.5. The van der Waals surface area contributed by atoms with Crippen LogP contribution < -0.4 is 10.6 Å². The molecule has 1 aliphatic rings. The van der Waals surface area contributed by atoms with Crippen molar-refractivity contribution in [3.63, 3.8) is 0 Å². The van der Waals surface area contributed by atoms with Crippen molar-refractivity contribution < 1.29 is 9.59 Å². The summed E-state index contributed by atoms with van der Waals surface area (Å²) in [4.78, 5) is 26.7. The molecule has 1 saturated heterocycles. The van der Waals surface area contributed by atoms with E-state index in [9.17, 15) is 9.59 Å². The summed E-state index contributed by atoms with van der Waals surface area (Å²) in [5.41, 5.74) is 2.99. The molecule has 3 rings (SSSR count). The Balaban J connectivity index is 1.66. The Labute approximate surface area is 158 Å². The zero-order chi connectivity index (χ0) is 18.5. The zero-order valence-electron chi connectivity index (χ0n) is 14.7. The second-order valence-corrected chi connectivity index (χ2v) is 6.89. The van der Waals surface area contributed by atoms with Gasteiger partial charge >= 0.3 is 0 Å². The molecule has 6 heteroatoms. The molecule has 0 aromatic heterocycles. The molecule has 136 valence electrons. The predicted octanol–water partition coefficient (Wildman–Crippen LogP) is 3.94. The van der Waals surface area contributed by atoms with E-state index in [0.717, 1.165) is 37.2 Å². The number of rotatable bonds is 5. The van der Waals surface area contributed by atoms with Gasteiger partial charge in [0.05, 0.1) is 12.1 Å². The van der Waals surface area contributed by atoms with Crippen LogP contribution in [0.3, 0.4) is 0 Å². The summed E-state index contributed by atoms with van der Waals surface area (Å²) in [6.07, 6.45) is 2.04. The lowest BCUT2D eigenvalue weighted by molar-refractivity contribution is -0.114. The number of hydrogen-bond donors (Lipinski definition) is 2. The fraction of sp³-hybridized carbons (Fsp3) is 0.300. The molecule has 0 saturated carbocycles. The number of halogens is 1. The van der Waals surface area contributed by atoms with Crippen molar-refractivity contribution in [3.05, 3.63) is 58.6 Å². The number of anilines is 2. The lowest BCUT2D eigenvalue weighted by Gasteiger charge is -2.18. The number of benzene rings is 2. The van der Waals surface area contributed by atoms with Gasteiger partial charge in [0, 0.05) is 29.5 Å². The maximum absolute atomic E-state index is 12.7. The maximum Gasteiger partial charge on any atom is 0.256 e. The van der Waals surface area contributed by atoms with Crippen LogP contribution in [-0.4, -0.2) is 36.3 Å². The highest BCUT2D eigenvalue weighted by molar-refractivity contribution is 6.31. The van der Waals surface area contributed by atoms with Crippen molar-refractivity contribution in [1.82, 2.24) is 4.90 Å². The average Bonchev–Trinajstić information content (AvgIpc) is 3.16. The molecule has 1 fully saturated rings. The molecule has 0 unspecified atom stereocenters. The Hall–Kier alpha value is -2.53. The highest BCUT2D eigenvalue weighted by Gasteiger charge is 2.22. The van der Waals surface area contributed by atoms with Gasteiger partial charge in [-0.3, -0.25) is 9.59 Å². The number of likely N-dealkylation sites (tertiary alicyclic amines) is 1. The van der Waals surface area contributed by atoms with E-state index in [4.69, 9.17) is 11.6 Å². The van der Waals surface area contributed by atoms with Gasteiger partial charge in [-0.2, -0.15) is 0 Å². The van der Waals surface area contributed by atoms with E-state index in [2.05, 4.69) is 10.6 Å². The summed E-state index contributed by atoms with van der Waals surface area (Å²) < 4.78 is 0. The molecular formula is C20H22ClN3O2. The number of carbonyl (C=O) groups is 2. The molecular weight excluding hydrogens is 350 g/mol. The van der Waals surface area contributed by atoms with Gasteiger partial charge in [0.2, 0.25) is 5.91 Å². The predicted molar refractivity (Wildman–Crippen MR) is 105 cm³/mol. The van der Waals surface area contributed by atoms with Crippen molar-refractivity contribution in [3.8, 4) is 0 Å². The molecule has 1 heterocycles. The number of nitrogens with one attached hydrogen (secondary N) is 2. The normalized spacial score (nSPS) is 13.5. The van der Waals surface area contributed by atoms with Crippen LogP contribution >= 0.6 is 11.6 Å². The third kappa shape index (κ3) is 4.55. The SMILES string of the molecule is Cc1ccc(NC(=O)CNc2ccc(Cl)cc2C(=O)N2CCCC2)cc1. The first kappa shape index (κ1) is 18.3. The second kappa shape index (κ2) is 8.23. The van der Waals surface area contributed by atoms with Crippen LogP contribution in [0.1, 0.15) is 28.8 Å². The molecule has 1 aliphatic heterocycles. The van der Waals surface area contributed by atoms with Gasteiger partial charge in [-0.25, -0.2) is 0 Å². The van der Waals surface area contributed by atoms with E-state index in [1.165, 1.54) is 0 Å². The topological polar surface area (TPSA) is 61.4 Å². The molecule has 2 aromatic rings. The van der Waals surface area contributed by atoms with Crippen LogP contribution in [0.2, 0.25) is 5.02 Å². The summed E-state index contributed by atoms with van der Waals surface area (Å²) in [5, 5.41) is 6.39. The monoisotopic (exact) mass is 371 g/mol. The number of amides is 2. The van der Waals surface area contributed by atoms with E-state index < -0.39 is 0 Å². The van der Waals surface area contributed by atoms with Crippen LogP contribution in [0.15, 0.2) is 42.5 Å². The van der Waals surface area contributed by atoms with E-state index >= 15 is 0 Å². The highest BCUT2D eigenvalue weighted by Crippen LogP contribution is 2.24. The number of nitrogens with zero attached hydrogens (tertiary/aromatic N) is 1. The summed E-state index contributed by atoms with van der Waals surface area (Å²) in [5.74, 6) is -0.227. The minimum atomic E-state index is -0.177. The molecule has 2 N–H and O–H groups in total. The third-order valence-electron chi connectivity index (χ3n) is 4.38. The Morgan fingerprint density at radius 2 is 1.77 bits per heavy atom. The number of carbonyl (C=O) groups excluding carboxylic acids is 2. The van der Waals surface area contributed by atoms with Gasteiger partial charge in [0.15, 0.2) is 0 Å². The number of aryl methyl sites for hydroxylation is 1. The van der Waals surface area contributed by atoms with Crippen molar-refractivity contribution >= 4 is 34.8 Å². The summed E-state index contributed by atoms with van der Waals surface area (Å²) >= 11 is 6.07.